The van der Waals surface area contributed by atoms with E-state index in [0.29, 0.717) is 36.0 Å². The number of ether oxygens (including phenoxy) is 1. The van der Waals surface area contributed by atoms with Crippen molar-refractivity contribution in [2.24, 2.45) is 5.92 Å². The van der Waals surface area contributed by atoms with Crippen LogP contribution in [-0.4, -0.2) is 42.5 Å². The van der Waals surface area contributed by atoms with Crippen molar-refractivity contribution in [2.45, 2.75) is 19.1 Å². The number of carbonyl (C=O) groups is 1. The van der Waals surface area contributed by atoms with Crippen LogP contribution in [0, 0.1) is 5.92 Å². The van der Waals surface area contributed by atoms with Gasteiger partial charge in [-0.05, 0) is 41.8 Å². The number of fused-ring (bicyclic) bond motifs is 2. The monoisotopic (exact) mass is 447 g/mol. The molecular formula is C22H20F3N3O2S. The summed E-state index contributed by atoms with van der Waals surface area (Å²) in [5.74, 6) is 0.751. The molecule has 3 aromatic rings. The number of hydrogen-bond donors (Lipinski definition) is 0. The average Bonchev–Trinajstić information content (AvgIpc) is 3.14. The number of amides is 1. The molecule has 31 heavy (non-hydrogen) atoms. The number of hydrogen-bond acceptors (Lipinski definition) is 5. The number of thiazole rings is 1. The Bertz CT molecular complexity index is 1150. The van der Waals surface area contributed by atoms with Gasteiger partial charge in [0.25, 0.3) is 0 Å². The third-order valence-corrected chi connectivity index (χ3v) is 7.03. The largest absolute Gasteiger partial charge is 0.497 e. The van der Waals surface area contributed by atoms with Crippen molar-refractivity contribution in [3.8, 4) is 5.75 Å². The highest BCUT2D eigenvalue weighted by Gasteiger charge is 2.39. The first-order valence-corrected chi connectivity index (χ1v) is 10.8. The van der Waals surface area contributed by atoms with Crippen LogP contribution in [-0.2, 0) is 23.9 Å². The highest BCUT2D eigenvalue weighted by atomic mass is 32.1. The molecule has 1 saturated heterocycles. The Morgan fingerprint density at radius 1 is 1.19 bits per heavy atom. The lowest BCUT2D eigenvalue weighted by Crippen LogP contribution is -2.55. The first-order chi connectivity index (χ1) is 14.8. The van der Waals surface area contributed by atoms with Gasteiger partial charge in [-0.2, -0.15) is 13.2 Å². The molecule has 3 heterocycles. The summed E-state index contributed by atoms with van der Waals surface area (Å²) in [4.78, 5) is 21.0. The molecule has 0 bridgehead atoms. The molecule has 0 unspecified atom stereocenters. The van der Waals surface area contributed by atoms with Gasteiger partial charge in [-0.25, -0.2) is 4.98 Å². The maximum absolute atomic E-state index is 13.2. The Morgan fingerprint density at radius 2 is 2.00 bits per heavy atom. The van der Waals surface area contributed by atoms with Crippen molar-refractivity contribution in [1.29, 1.82) is 0 Å². The number of halogens is 3. The molecule has 0 atom stereocenters. The van der Waals surface area contributed by atoms with Crippen LogP contribution in [0.4, 0.5) is 18.3 Å². The van der Waals surface area contributed by atoms with Gasteiger partial charge in [0.05, 0.1) is 28.8 Å². The summed E-state index contributed by atoms with van der Waals surface area (Å²) < 4.78 is 45.5. The molecule has 2 aliphatic heterocycles. The normalized spacial score (nSPS) is 16.9. The highest BCUT2D eigenvalue weighted by molar-refractivity contribution is 7.22. The molecule has 162 valence electrons. The maximum atomic E-state index is 13.2. The van der Waals surface area contributed by atoms with Gasteiger partial charge in [-0.1, -0.05) is 23.5 Å². The van der Waals surface area contributed by atoms with Crippen LogP contribution in [0.1, 0.15) is 16.7 Å². The summed E-state index contributed by atoms with van der Waals surface area (Å²) in [6.45, 7) is 2.19. The van der Waals surface area contributed by atoms with Crippen LogP contribution >= 0.6 is 11.3 Å². The Kier molecular flexibility index (Phi) is 4.80. The second-order valence-electron chi connectivity index (χ2n) is 7.89. The van der Waals surface area contributed by atoms with Crippen LogP contribution in [0.15, 0.2) is 36.4 Å². The molecule has 0 N–H and O–H groups in total. The number of aromatic nitrogens is 1. The zero-order chi connectivity index (χ0) is 21.8. The van der Waals surface area contributed by atoms with Crippen molar-refractivity contribution in [2.75, 3.05) is 31.6 Å². The zero-order valence-electron chi connectivity index (χ0n) is 16.8. The molecule has 2 aliphatic rings. The molecule has 0 spiro atoms. The van der Waals surface area contributed by atoms with Crippen molar-refractivity contribution in [3.05, 3.63) is 53.1 Å². The van der Waals surface area contributed by atoms with Gasteiger partial charge >= 0.3 is 6.18 Å². The van der Waals surface area contributed by atoms with E-state index in [9.17, 15) is 18.0 Å². The van der Waals surface area contributed by atoms with E-state index in [2.05, 4.69) is 4.98 Å². The topological polar surface area (TPSA) is 45.7 Å². The number of anilines is 1. The minimum atomic E-state index is -4.44. The van der Waals surface area contributed by atoms with Gasteiger partial charge in [0.15, 0.2) is 5.13 Å². The van der Waals surface area contributed by atoms with E-state index in [1.54, 1.807) is 13.2 Å². The SMILES string of the molecule is COc1ccc2c(c1)CCN(C(=O)C1CN(c3nc4c(C(F)(F)F)cccc4s3)C1)C2. The Labute approximate surface area is 181 Å². The molecule has 1 aromatic heterocycles. The standard InChI is InChI=1S/C22H20F3N3O2S/c1-30-16-6-5-14-10-27(8-7-13(14)9-16)20(29)15-11-28(12-15)21-26-19-17(22(23,24)25)3-2-4-18(19)31-21/h2-6,9,15H,7-8,10-12H2,1H3. The molecule has 0 saturated carbocycles. The van der Waals surface area contributed by atoms with Gasteiger partial charge in [0.2, 0.25) is 5.91 Å². The van der Waals surface area contributed by atoms with E-state index >= 15 is 0 Å². The number of alkyl halides is 3. The predicted octanol–water partition coefficient (Wildman–Crippen LogP) is 4.34. The fourth-order valence-corrected chi connectivity index (χ4v) is 5.21. The molecule has 9 heteroatoms. The van der Waals surface area contributed by atoms with E-state index in [1.165, 1.54) is 23.0 Å². The number of benzene rings is 2. The quantitative estimate of drug-likeness (QED) is 0.599. The average molecular weight is 447 g/mol. The van der Waals surface area contributed by atoms with Crippen molar-refractivity contribution in [1.82, 2.24) is 9.88 Å². The molecule has 0 radical (unpaired) electrons. The van der Waals surface area contributed by atoms with Gasteiger partial charge in [0.1, 0.15) is 5.75 Å². The summed E-state index contributed by atoms with van der Waals surface area (Å²) in [5.41, 5.74) is 1.59. The van der Waals surface area contributed by atoms with Crippen LogP contribution in [0.25, 0.3) is 10.2 Å². The highest BCUT2D eigenvalue weighted by Crippen LogP contribution is 2.40. The summed E-state index contributed by atoms with van der Waals surface area (Å²) >= 11 is 1.23. The van der Waals surface area contributed by atoms with Crippen LogP contribution in [0.2, 0.25) is 0 Å². The zero-order valence-corrected chi connectivity index (χ0v) is 17.6. The minimum absolute atomic E-state index is 0.0205. The lowest BCUT2D eigenvalue weighted by Gasteiger charge is -2.41. The van der Waals surface area contributed by atoms with Crippen molar-refractivity contribution >= 4 is 32.6 Å². The number of rotatable bonds is 3. The van der Waals surface area contributed by atoms with Gasteiger partial charge in [-0.15, -0.1) is 0 Å². The third-order valence-electron chi connectivity index (χ3n) is 5.95. The molecule has 5 rings (SSSR count). The lowest BCUT2D eigenvalue weighted by atomic mass is 9.95. The van der Waals surface area contributed by atoms with Crippen molar-refractivity contribution in [3.63, 3.8) is 0 Å². The molecule has 1 amide bonds. The molecule has 2 aromatic carbocycles. The van der Waals surface area contributed by atoms with Gasteiger partial charge in [-0.3, -0.25) is 4.79 Å². The Morgan fingerprint density at radius 3 is 2.74 bits per heavy atom. The number of para-hydroxylation sites is 1. The Hall–Kier alpha value is -2.81. The smallest absolute Gasteiger partial charge is 0.418 e. The second-order valence-corrected chi connectivity index (χ2v) is 8.90. The molecule has 1 fully saturated rings. The van der Waals surface area contributed by atoms with E-state index < -0.39 is 11.7 Å². The third kappa shape index (κ3) is 3.60. The van der Waals surface area contributed by atoms with E-state index in [0.717, 1.165) is 23.8 Å². The number of methoxy groups -OCH3 is 1. The Balaban J connectivity index is 1.26. The summed E-state index contributed by atoms with van der Waals surface area (Å²) in [6, 6.07) is 10.0. The number of nitrogens with zero attached hydrogens (tertiary/aromatic N) is 3. The summed E-state index contributed by atoms with van der Waals surface area (Å²) in [7, 11) is 1.64. The fraction of sp³-hybridized carbons (Fsp3) is 0.364. The van der Waals surface area contributed by atoms with Crippen LogP contribution in [0.3, 0.4) is 0 Å². The maximum Gasteiger partial charge on any atom is 0.418 e. The first kappa shape index (κ1) is 20.1. The van der Waals surface area contributed by atoms with E-state index in [4.69, 9.17) is 4.74 Å². The van der Waals surface area contributed by atoms with Crippen LogP contribution < -0.4 is 9.64 Å². The van der Waals surface area contributed by atoms with Gasteiger partial charge in [0, 0.05) is 26.2 Å². The summed E-state index contributed by atoms with van der Waals surface area (Å²) in [6.07, 6.45) is -3.65. The lowest BCUT2D eigenvalue weighted by molar-refractivity contribution is -0.137. The fourth-order valence-electron chi connectivity index (χ4n) is 4.19. The predicted molar refractivity (Wildman–Crippen MR) is 112 cm³/mol. The first-order valence-electron chi connectivity index (χ1n) is 10.00. The molecular weight excluding hydrogens is 427 g/mol. The minimum Gasteiger partial charge on any atom is -0.497 e. The van der Waals surface area contributed by atoms with E-state index in [-0.39, 0.29) is 17.3 Å². The second kappa shape index (κ2) is 7.40. The summed E-state index contributed by atoms with van der Waals surface area (Å²) in [5, 5.41) is 0.534. The number of carbonyl (C=O) groups excluding carboxylic acids is 1. The molecule has 5 nitrogen and oxygen atoms in total. The van der Waals surface area contributed by atoms with E-state index in [1.807, 2.05) is 28.0 Å². The van der Waals surface area contributed by atoms with Crippen molar-refractivity contribution < 1.29 is 22.7 Å². The van der Waals surface area contributed by atoms with Gasteiger partial charge < -0.3 is 14.5 Å². The molecule has 0 aliphatic carbocycles. The van der Waals surface area contributed by atoms with Crippen LogP contribution in [0.5, 0.6) is 5.75 Å².